The first-order valence-electron chi connectivity index (χ1n) is 36.8. The molecule has 0 spiro atoms. The molecule has 0 saturated heterocycles. The van der Waals surface area contributed by atoms with E-state index in [1.807, 2.05) is 0 Å². The highest BCUT2D eigenvalue weighted by molar-refractivity contribution is 5.71. The van der Waals surface area contributed by atoms with Crippen LogP contribution in [0.25, 0.3) is 0 Å². The number of hydrogen-bond donors (Lipinski definition) is 0. The van der Waals surface area contributed by atoms with Crippen LogP contribution in [-0.2, 0) is 28.6 Å². The largest absolute Gasteiger partial charge is 0.462 e. The molecule has 0 aliphatic heterocycles. The van der Waals surface area contributed by atoms with E-state index in [1.54, 1.807) is 0 Å². The fourth-order valence-corrected chi connectivity index (χ4v) is 11.0. The molecule has 1 unspecified atom stereocenters. The molecule has 0 bridgehead atoms. The van der Waals surface area contributed by atoms with Crippen LogP contribution >= 0.6 is 0 Å². The number of hydrogen-bond acceptors (Lipinski definition) is 6. The lowest BCUT2D eigenvalue weighted by atomic mass is 10.0. The maximum atomic E-state index is 12.9. The lowest BCUT2D eigenvalue weighted by Gasteiger charge is -2.18. The number of unbranched alkanes of at least 4 members (excludes halogenated alkanes) is 47. The van der Waals surface area contributed by atoms with E-state index in [1.165, 1.54) is 257 Å². The zero-order chi connectivity index (χ0) is 59.9. The van der Waals surface area contributed by atoms with Crippen molar-refractivity contribution in [3.8, 4) is 0 Å². The molecule has 0 amide bonds. The Bertz CT molecular complexity index is 1470. The lowest BCUT2D eigenvalue weighted by molar-refractivity contribution is -0.167. The fourth-order valence-electron chi connectivity index (χ4n) is 11.0. The van der Waals surface area contributed by atoms with Crippen molar-refractivity contribution < 1.29 is 28.6 Å². The summed E-state index contributed by atoms with van der Waals surface area (Å²) in [7, 11) is 0. The third-order valence-corrected chi connectivity index (χ3v) is 16.5. The Labute approximate surface area is 517 Å². The maximum absolute atomic E-state index is 12.9. The maximum Gasteiger partial charge on any atom is 0.306 e. The van der Waals surface area contributed by atoms with Crippen molar-refractivity contribution >= 4 is 17.9 Å². The first-order valence-corrected chi connectivity index (χ1v) is 36.8. The second kappa shape index (κ2) is 71.6. The molecular weight excluding hydrogens is 1020 g/mol. The molecule has 0 aromatic heterocycles. The van der Waals surface area contributed by atoms with Crippen molar-refractivity contribution in [2.45, 2.75) is 399 Å². The Morgan fingerprint density at radius 2 is 0.494 bits per heavy atom. The summed E-state index contributed by atoms with van der Waals surface area (Å²) < 4.78 is 16.9. The summed E-state index contributed by atoms with van der Waals surface area (Å²) >= 11 is 0. The molecule has 1 atom stereocenters. The van der Waals surface area contributed by atoms with Gasteiger partial charge in [0.25, 0.3) is 0 Å². The Kier molecular flexibility index (Phi) is 69.1. The van der Waals surface area contributed by atoms with Gasteiger partial charge in [-0.2, -0.15) is 0 Å². The Morgan fingerprint density at radius 1 is 0.253 bits per heavy atom. The fraction of sp³-hybridized carbons (Fsp3) is 0.831. The van der Waals surface area contributed by atoms with Gasteiger partial charge in [0, 0.05) is 19.3 Å². The number of carbonyl (C=O) groups is 3. The second-order valence-electron chi connectivity index (χ2n) is 24.8. The third kappa shape index (κ3) is 69.8. The van der Waals surface area contributed by atoms with Crippen LogP contribution < -0.4 is 0 Å². The molecule has 0 heterocycles. The van der Waals surface area contributed by atoms with Gasteiger partial charge in [-0.3, -0.25) is 14.4 Å². The molecule has 0 aromatic rings. The van der Waals surface area contributed by atoms with E-state index in [0.717, 1.165) is 96.3 Å². The van der Waals surface area contributed by atoms with Crippen LogP contribution in [0.4, 0.5) is 0 Å². The number of carbonyl (C=O) groups excluding carboxylic acids is 3. The van der Waals surface area contributed by atoms with Crippen LogP contribution in [-0.4, -0.2) is 37.2 Å². The number of allylic oxidation sites excluding steroid dienone is 10. The molecule has 484 valence electrons. The van der Waals surface area contributed by atoms with Crippen molar-refractivity contribution in [2.75, 3.05) is 13.2 Å². The van der Waals surface area contributed by atoms with Crippen molar-refractivity contribution in [1.82, 2.24) is 0 Å². The van der Waals surface area contributed by atoms with Gasteiger partial charge in [0.05, 0.1) is 0 Å². The molecule has 0 aromatic carbocycles. The molecule has 0 N–H and O–H groups in total. The first kappa shape index (κ1) is 80.1. The lowest BCUT2D eigenvalue weighted by Crippen LogP contribution is -2.30. The van der Waals surface area contributed by atoms with Crippen LogP contribution in [0, 0.1) is 0 Å². The molecular formula is C77H140O6. The Morgan fingerprint density at radius 3 is 0.795 bits per heavy atom. The van der Waals surface area contributed by atoms with E-state index in [0.29, 0.717) is 19.3 Å². The van der Waals surface area contributed by atoms with E-state index in [9.17, 15) is 14.4 Å². The molecule has 83 heavy (non-hydrogen) atoms. The Balaban J connectivity index is 4.09. The van der Waals surface area contributed by atoms with Crippen LogP contribution in [0.3, 0.4) is 0 Å². The van der Waals surface area contributed by atoms with Gasteiger partial charge in [-0.05, 0) is 77.0 Å². The van der Waals surface area contributed by atoms with Gasteiger partial charge in [-0.25, -0.2) is 0 Å². The molecule has 6 nitrogen and oxygen atoms in total. The average molecular weight is 1160 g/mol. The minimum absolute atomic E-state index is 0.0748. The predicted molar refractivity (Wildman–Crippen MR) is 362 cm³/mol. The van der Waals surface area contributed by atoms with Crippen molar-refractivity contribution in [1.29, 1.82) is 0 Å². The standard InChI is InChI=1S/C77H140O6/c1-4-7-10-13-16-19-22-24-26-28-30-32-34-35-36-37-38-39-40-41-42-44-45-47-49-51-53-55-58-61-64-67-70-76(79)82-73-74(72-81-75(78)69-66-63-60-57-21-18-15-12-9-6-3)83-77(80)71-68-65-62-59-56-54-52-50-48-46-43-33-31-29-27-25-23-20-17-14-11-8-5-2/h8,11-12,15,17,20,25,27,31,33,74H,4-7,9-10,13-14,16,18-19,21-24,26,28-30,32,34-73H2,1-3H3/b11-8-,15-12-,20-17-,27-25-,33-31-. The molecule has 0 rings (SSSR count). The van der Waals surface area contributed by atoms with Crippen molar-refractivity contribution in [3.63, 3.8) is 0 Å². The Hall–Kier alpha value is -2.89. The van der Waals surface area contributed by atoms with Gasteiger partial charge in [0.2, 0.25) is 0 Å². The monoisotopic (exact) mass is 1160 g/mol. The topological polar surface area (TPSA) is 78.9 Å². The molecule has 0 aliphatic carbocycles. The molecule has 0 saturated carbocycles. The zero-order valence-electron chi connectivity index (χ0n) is 55.7. The van der Waals surface area contributed by atoms with Crippen LogP contribution in [0.15, 0.2) is 60.8 Å². The minimum Gasteiger partial charge on any atom is -0.462 e. The van der Waals surface area contributed by atoms with Gasteiger partial charge < -0.3 is 14.2 Å². The smallest absolute Gasteiger partial charge is 0.306 e. The number of esters is 3. The SMILES string of the molecule is CC/C=C\C/C=C\C/C=C\C/C=C\CCCCCCCCCCCCC(=O)OC(COC(=O)CCCCCCC/C=C\CCC)COC(=O)CCCCCCCCCCCCCCCCCCCCCCCCCCCCCCCCCC. The molecule has 0 aliphatic rings. The summed E-state index contributed by atoms with van der Waals surface area (Å²) in [6.07, 6.45) is 92.9. The van der Waals surface area contributed by atoms with E-state index in [-0.39, 0.29) is 31.1 Å². The molecule has 0 radical (unpaired) electrons. The highest BCUT2D eigenvalue weighted by Gasteiger charge is 2.19. The molecule has 6 heteroatoms. The average Bonchev–Trinajstić information content (AvgIpc) is 3.48. The van der Waals surface area contributed by atoms with Crippen LogP contribution in [0.5, 0.6) is 0 Å². The zero-order valence-corrected chi connectivity index (χ0v) is 55.7. The number of rotatable bonds is 68. The van der Waals surface area contributed by atoms with Gasteiger partial charge in [-0.1, -0.05) is 358 Å². The summed E-state index contributed by atoms with van der Waals surface area (Å²) in [6.45, 7) is 6.52. The van der Waals surface area contributed by atoms with Crippen LogP contribution in [0.2, 0.25) is 0 Å². The van der Waals surface area contributed by atoms with E-state index in [4.69, 9.17) is 14.2 Å². The minimum atomic E-state index is -0.779. The van der Waals surface area contributed by atoms with Crippen molar-refractivity contribution in [3.05, 3.63) is 60.8 Å². The highest BCUT2D eigenvalue weighted by Crippen LogP contribution is 2.19. The number of ether oxygens (including phenoxy) is 3. The van der Waals surface area contributed by atoms with Gasteiger partial charge in [0.1, 0.15) is 13.2 Å². The molecule has 0 fully saturated rings. The predicted octanol–water partition coefficient (Wildman–Crippen LogP) is 25.5. The normalized spacial score (nSPS) is 12.4. The van der Waals surface area contributed by atoms with E-state index in [2.05, 4.69) is 81.5 Å². The van der Waals surface area contributed by atoms with Gasteiger partial charge in [-0.15, -0.1) is 0 Å². The van der Waals surface area contributed by atoms with Crippen molar-refractivity contribution in [2.24, 2.45) is 0 Å². The van der Waals surface area contributed by atoms with Gasteiger partial charge >= 0.3 is 17.9 Å². The summed E-state index contributed by atoms with van der Waals surface area (Å²) in [5.41, 5.74) is 0. The summed E-state index contributed by atoms with van der Waals surface area (Å²) in [5.74, 6) is -0.869. The second-order valence-corrected chi connectivity index (χ2v) is 24.8. The summed E-state index contributed by atoms with van der Waals surface area (Å²) in [5, 5.41) is 0. The quantitative estimate of drug-likeness (QED) is 0.0261. The van der Waals surface area contributed by atoms with E-state index >= 15 is 0 Å². The highest BCUT2D eigenvalue weighted by atomic mass is 16.6. The van der Waals surface area contributed by atoms with Gasteiger partial charge in [0.15, 0.2) is 6.10 Å². The first-order chi connectivity index (χ1) is 41.0. The third-order valence-electron chi connectivity index (χ3n) is 16.5. The van der Waals surface area contributed by atoms with Crippen LogP contribution in [0.1, 0.15) is 393 Å². The summed E-state index contributed by atoms with van der Waals surface area (Å²) in [4.78, 5) is 38.3. The summed E-state index contributed by atoms with van der Waals surface area (Å²) in [6, 6.07) is 0. The van der Waals surface area contributed by atoms with E-state index < -0.39 is 6.10 Å².